The fraction of sp³-hybridized carbons (Fsp3) is 1.00. The second kappa shape index (κ2) is 7.58. The van der Waals surface area contributed by atoms with Crippen LogP contribution in [0.3, 0.4) is 0 Å². The van der Waals surface area contributed by atoms with Crippen molar-refractivity contribution >= 4 is 23.5 Å². The van der Waals surface area contributed by atoms with Gasteiger partial charge in [-0.25, -0.2) is 0 Å². The Kier molecular flexibility index (Phi) is 6.38. The van der Waals surface area contributed by atoms with Crippen LogP contribution in [0.1, 0.15) is 58.3 Å². The molecular formula is C15H29NOS2. The first-order valence-corrected chi connectivity index (χ1v) is 9.78. The van der Waals surface area contributed by atoms with E-state index in [-0.39, 0.29) is 16.2 Å². The third-order valence-electron chi connectivity index (χ3n) is 4.51. The van der Waals surface area contributed by atoms with E-state index in [1.54, 1.807) is 0 Å². The van der Waals surface area contributed by atoms with Crippen molar-refractivity contribution in [2.45, 2.75) is 74.5 Å². The van der Waals surface area contributed by atoms with E-state index in [4.69, 9.17) is 5.73 Å². The summed E-state index contributed by atoms with van der Waals surface area (Å²) in [7, 11) is 0. The van der Waals surface area contributed by atoms with Gasteiger partial charge in [0.15, 0.2) is 0 Å². The van der Waals surface area contributed by atoms with E-state index in [0.29, 0.717) is 0 Å². The summed E-state index contributed by atoms with van der Waals surface area (Å²) in [5, 5.41) is 10.4. The van der Waals surface area contributed by atoms with Gasteiger partial charge in [0.1, 0.15) is 0 Å². The fourth-order valence-electron chi connectivity index (χ4n) is 3.29. The molecule has 0 radical (unpaired) electrons. The van der Waals surface area contributed by atoms with Gasteiger partial charge < -0.3 is 10.8 Å². The van der Waals surface area contributed by atoms with Crippen LogP contribution in [-0.4, -0.2) is 32.8 Å². The zero-order valence-electron chi connectivity index (χ0n) is 12.1. The molecule has 2 rings (SSSR count). The first-order valence-electron chi connectivity index (χ1n) is 7.81. The van der Waals surface area contributed by atoms with Gasteiger partial charge in [-0.1, -0.05) is 32.1 Å². The second-order valence-electron chi connectivity index (χ2n) is 6.36. The molecule has 4 heteroatoms. The zero-order chi connectivity index (χ0) is 13.7. The molecule has 0 spiro atoms. The topological polar surface area (TPSA) is 46.2 Å². The van der Waals surface area contributed by atoms with Crippen molar-refractivity contribution in [1.29, 1.82) is 0 Å². The summed E-state index contributed by atoms with van der Waals surface area (Å²) in [5.74, 6) is 3.22. The van der Waals surface area contributed by atoms with E-state index in [2.05, 4.69) is 6.92 Å². The molecule has 19 heavy (non-hydrogen) atoms. The Labute approximate surface area is 126 Å². The summed E-state index contributed by atoms with van der Waals surface area (Å²) in [6, 6.07) is -0.0250. The third kappa shape index (κ3) is 5.14. The quantitative estimate of drug-likeness (QED) is 0.814. The Balaban J connectivity index is 1.76. The maximum atomic E-state index is 10.4. The fourth-order valence-corrected chi connectivity index (χ4v) is 6.32. The summed E-state index contributed by atoms with van der Waals surface area (Å²) in [5.41, 5.74) is 6.26. The van der Waals surface area contributed by atoms with Crippen LogP contribution in [-0.2, 0) is 0 Å². The van der Waals surface area contributed by atoms with Gasteiger partial charge in [-0.2, -0.15) is 0 Å². The first kappa shape index (κ1) is 16.0. The van der Waals surface area contributed by atoms with Crippen LogP contribution in [0.25, 0.3) is 0 Å². The number of thioether (sulfide) groups is 2. The number of hydrogen-bond acceptors (Lipinski definition) is 4. The highest BCUT2D eigenvalue weighted by Crippen LogP contribution is 2.45. The van der Waals surface area contributed by atoms with E-state index in [0.717, 1.165) is 18.8 Å². The van der Waals surface area contributed by atoms with Gasteiger partial charge in [-0.05, 0) is 43.6 Å². The molecular weight excluding hydrogens is 274 g/mol. The summed E-state index contributed by atoms with van der Waals surface area (Å²) in [6.07, 6.45) is 9.58. The van der Waals surface area contributed by atoms with Gasteiger partial charge in [0.05, 0.1) is 10.2 Å². The average molecular weight is 304 g/mol. The summed E-state index contributed by atoms with van der Waals surface area (Å²) in [6.45, 7) is 2.28. The minimum atomic E-state index is -0.329. The van der Waals surface area contributed by atoms with E-state index >= 15 is 0 Å². The van der Waals surface area contributed by atoms with Gasteiger partial charge in [-0.15, -0.1) is 23.5 Å². The third-order valence-corrected chi connectivity index (χ3v) is 7.76. The Morgan fingerprint density at radius 3 is 2.42 bits per heavy atom. The maximum Gasteiger partial charge on any atom is 0.0712 e. The van der Waals surface area contributed by atoms with Gasteiger partial charge in [0, 0.05) is 6.04 Å². The minimum Gasteiger partial charge on any atom is -0.391 e. The lowest BCUT2D eigenvalue weighted by Gasteiger charge is -2.36. The van der Waals surface area contributed by atoms with Crippen molar-refractivity contribution in [2.75, 3.05) is 11.5 Å². The van der Waals surface area contributed by atoms with Crippen molar-refractivity contribution in [1.82, 2.24) is 0 Å². The molecule has 0 bridgehead atoms. The van der Waals surface area contributed by atoms with Crippen molar-refractivity contribution in [2.24, 2.45) is 11.7 Å². The molecule has 1 heterocycles. The summed E-state index contributed by atoms with van der Waals surface area (Å²) >= 11 is 4.01. The molecule has 1 saturated carbocycles. The Morgan fingerprint density at radius 2 is 1.79 bits per heavy atom. The molecule has 0 aromatic carbocycles. The van der Waals surface area contributed by atoms with Crippen LogP contribution in [0.4, 0.5) is 0 Å². The molecule has 112 valence electrons. The molecule has 2 unspecified atom stereocenters. The lowest BCUT2D eigenvalue weighted by molar-refractivity contribution is 0.116. The number of nitrogens with two attached hydrogens (primary N) is 1. The molecule has 2 fully saturated rings. The second-order valence-corrected chi connectivity index (χ2v) is 9.81. The largest absolute Gasteiger partial charge is 0.391 e. The molecule has 1 aliphatic heterocycles. The Morgan fingerprint density at radius 1 is 1.16 bits per heavy atom. The van der Waals surface area contributed by atoms with Crippen LogP contribution in [0.15, 0.2) is 0 Å². The van der Waals surface area contributed by atoms with Gasteiger partial charge in [0.2, 0.25) is 0 Å². The molecule has 1 saturated heterocycles. The van der Waals surface area contributed by atoms with Crippen molar-refractivity contribution in [3.8, 4) is 0 Å². The van der Waals surface area contributed by atoms with E-state index < -0.39 is 0 Å². The van der Waals surface area contributed by atoms with E-state index in [1.807, 2.05) is 23.5 Å². The van der Waals surface area contributed by atoms with E-state index in [9.17, 15) is 5.11 Å². The standard InChI is InChI=1S/C15H29NOS2/c1-15(18-8-5-9-19-15)11-14(17)13(16)10-12-6-3-2-4-7-12/h12-14,17H,2-11,16H2,1H3. The number of aliphatic hydroxyl groups is 1. The summed E-state index contributed by atoms with van der Waals surface area (Å²) in [4.78, 5) is 0. The summed E-state index contributed by atoms with van der Waals surface area (Å²) < 4.78 is 0.182. The average Bonchev–Trinajstić information content (AvgIpc) is 2.40. The molecule has 2 nitrogen and oxygen atoms in total. The molecule has 3 N–H and O–H groups in total. The van der Waals surface area contributed by atoms with Crippen molar-refractivity contribution in [3.63, 3.8) is 0 Å². The van der Waals surface area contributed by atoms with E-state index in [1.165, 1.54) is 50.0 Å². The van der Waals surface area contributed by atoms with Crippen LogP contribution < -0.4 is 5.73 Å². The lowest BCUT2D eigenvalue weighted by Crippen LogP contribution is -2.41. The lowest BCUT2D eigenvalue weighted by atomic mass is 9.83. The molecule has 0 aromatic heterocycles. The first-order chi connectivity index (χ1) is 9.09. The van der Waals surface area contributed by atoms with Crippen LogP contribution in [0.5, 0.6) is 0 Å². The normalized spacial score (nSPS) is 27.9. The smallest absolute Gasteiger partial charge is 0.0712 e. The zero-order valence-corrected chi connectivity index (χ0v) is 13.8. The molecule has 1 aliphatic carbocycles. The van der Waals surface area contributed by atoms with Crippen molar-refractivity contribution in [3.05, 3.63) is 0 Å². The van der Waals surface area contributed by atoms with Gasteiger partial charge in [-0.3, -0.25) is 0 Å². The molecule has 0 amide bonds. The number of rotatable bonds is 5. The SMILES string of the molecule is CC1(CC(O)C(N)CC2CCCCC2)SCCCS1. The van der Waals surface area contributed by atoms with Crippen molar-refractivity contribution < 1.29 is 5.11 Å². The molecule has 2 aliphatic rings. The van der Waals surface area contributed by atoms with Crippen LogP contribution in [0.2, 0.25) is 0 Å². The molecule has 0 aromatic rings. The highest BCUT2D eigenvalue weighted by molar-refractivity contribution is 8.18. The maximum absolute atomic E-state index is 10.4. The highest BCUT2D eigenvalue weighted by atomic mass is 32.2. The van der Waals surface area contributed by atoms with Gasteiger partial charge >= 0.3 is 0 Å². The van der Waals surface area contributed by atoms with Gasteiger partial charge in [0.25, 0.3) is 0 Å². The predicted octanol–water partition coefficient (Wildman–Crippen LogP) is 3.62. The minimum absolute atomic E-state index is 0.0250. The Hall–Kier alpha value is 0.620. The monoisotopic (exact) mass is 303 g/mol. The number of hydrogen-bond donors (Lipinski definition) is 2. The predicted molar refractivity (Wildman–Crippen MR) is 87.7 cm³/mol. The Bertz CT molecular complexity index is 263. The molecule has 2 atom stereocenters. The van der Waals surface area contributed by atoms with Crippen LogP contribution in [0, 0.1) is 5.92 Å². The van der Waals surface area contributed by atoms with Crippen LogP contribution >= 0.6 is 23.5 Å². The highest BCUT2D eigenvalue weighted by Gasteiger charge is 2.33. The number of aliphatic hydroxyl groups excluding tert-OH is 1.